The number of hydrogen-bond acceptors (Lipinski definition) is 4. The van der Waals surface area contributed by atoms with Crippen LogP contribution in [0.25, 0.3) is 0 Å². The summed E-state index contributed by atoms with van der Waals surface area (Å²) in [6, 6.07) is 0. The minimum atomic E-state index is -3.65. The third-order valence-corrected chi connectivity index (χ3v) is 4.84. The highest BCUT2D eigenvalue weighted by Crippen LogP contribution is 2.32. The Balaban J connectivity index is 2.88. The molecule has 0 aliphatic heterocycles. The molecule has 1 aliphatic rings. The Bertz CT molecular complexity index is 414. The Labute approximate surface area is 114 Å². The molecule has 0 saturated heterocycles. The van der Waals surface area contributed by atoms with Crippen LogP contribution in [-0.4, -0.2) is 31.5 Å². The smallest absolute Gasteiger partial charge is 0.277 e. The van der Waals surface area contributed by atoms with Gasteiger partial charge in [-0.25, -0.2) is 4.72 Å². The van der Waals surface area contributed by atoms with E-state index >= 15 is 0 Å². The number of hydrogen-bond donors (Lipinski definition) is 4. The molecule has 5 N–H and O–H groups in total. The van der Waals surface area contributed by atoms with E-state index in [4.69, 9.17) is 10.9 Å². The zero-order valence-electron chi connectivity index (χ0n) is 11.5. The SMILES string of the molecule is CCCNS(=O)(=O)NC1(C(N)=NO)CCC(C)CC1. The second-order valence-corrected chi connectivity index (χ2v) is 6.75. The van der Waals surface area contributed by atoms with Crippen molar-refractivity contribution in [2.75, 3.05) is 6.54 Å². The van der Waals surface area contributed by atoms with Gasteiger partial charge < -0.3 is 10.9 Å². The fourth-order valence-electron chi connectivity index (χ4n) is 2.29. The Morgan fingerprint density at radius 3 is 2.53 bits per heavy atom. The molecule has 0 atom stereocenters. The minimum Gasteiger partial charge on any atom is -0.409 e. The number of nitrogens with zero attached hydrogens (tertiary/aromatic N) is 1. The molecule has 1 saturated carbocycles. The molecule has 7 nitrogen and oxygen atoms in total. The van der Waals surface area contributed by atoms with E-state index in [9.17, 15) is 8.42 Å². The maximum absolute atomic E-state index is 12.0. The summed E-state index contributed by atoms with van der Waals surface area (Å²) in [5, 5.41) is 11.9. The van der Waals surface area contributed by atoms with Crippen LogP contribution in [0, 0.1) is 5.92 Å². The number of nitrogens with two attached hydrogens (primary N) is 1. The molecule has 1 fully saturated rings. The standard InChI is InChI=1S/C11H24N4O3S/c1-3-8-13-19(17,18)15-11(10(12)14-16)6-4-9(2)5-7-11/h9,13,15-16H,3-8H2,1-2H3,(H2,12,14). The average Bonchev–Trinajstić information content (AvgIpc) is 2.38. The number of nitrogens with one attached hydrogen (secondary N) is 2. The van der Waals surface area contributed by atoms with Gasteiger partial charge in [-0.1, -0.05) is 19.0 Å². The molecule has 0 bridgehead atoms. The second kappa shape index (κ2) is 6.53. The topological polar surface area (TPSA) is 117 Å². The van der Waals surface area contributed by atoms with Gasteiger partial charge in [0.05, 0.1) is 5.54 Å². The zero-order valence-corrected chi connectivity index (χ0v) is 12.3. The summed E-state index contributed by atoms with van der Waals surface area (Å²) in [6.45, 7) is 4.35. The lowest BCUT2D eigenvalue weighted by Gasteiger charge is -2.38. The summed E-state index contributed by atoms with van der Waals surface area (Å²) in [5.74, 6) is 0.453. The number of amidine groups is 1. The molecule has 0 unspecified atom stereocenters. The van der Waals surface area contributed by atoms with E-state index in [0.717, 1.165) is 12.8 Å². The normalized spacial score (nSPS) is 29.4. The lowest BCUT2D eigenvalue weighted by Crippen LogP contribution is -2.61. The van der Waals surface area contributed by atoms with E-state index in [2.05, 4.69) is 21.5 Å². The first-order valence-corrected chi connectivity index (χ1v) is 8.10. The number of oxime groups is 1. The third-order valence-electron chi connectivity index (χ3n) is 3.60. The van der Waals surface area contributed by atoms with Crippen molar-refractivity contribution in [2.24, 2.45) is 16.8 Å². The van der Waals surface area contributed by atoms with Crippen LogP contribution in [-0.2, 0) is 10.2 Å². The second-order valence-electron chi connectivity index (χ2n) is 5.25. The van der Waals surface area contributed by atoms with Crippen molar-refractivity contribution in [3.05, 3.63) is 0 Å². The van der Waals surface area contributed by atoms with Crippen molar-refractivity contribution in [2.45, 2.75) is 51.5 Å². The summed E-state index contributed by atoms with van der Waals surface area (Å²) in [4.78, 5) is 0. The van der Waals surface area contributed by atoms with Gasteiger partial charge in [0.15, 0.2) is 5.84 Å². The molecule has 0 amide bonds. The first-order valence-electron chi connectivity index (χ1n) is 6.62. The van der Waals surface area contributed by atoms with Crippen molar-refractivity contribution in [3.63, 3.8) is 0 Å². The van der Waals surface area contributed by atoms with Crippen LogP contribution in [0.5, 0.6) is 0 Å². The lowest BCUT2D eigenvalue weighted by molar-refractivity contribution is 0.266. The van der Waals surface area contributed by atoms with Crippen LogP contribution >= 0.6 is 0 Å². The highest BCUT2D eigenvalue weighted by atomic mass is 32.2. The van der Waals surface area contributed by atoms with Gasteiger partial charge >= 0.3 is 0 Å². The molecular weight excluding hydrogens is 268 g/mol. The number of rotatable bonds is 6. The molecule has 1 aliphatic carbocycles. The first kappa shape index (κ1) is 16.2. The lowest BCUT2D eigenvalue weighted by atomic mass is 9.77. The van der Waals surface area contributed by atoms with Crippen LogP contribution in [0.3, 0.4) is 0 Å². The monoisotopic (exact) mass is 292 g/mol. The van der Waals surface area contributed by atoms with Gasteiger partial charge in [-0.2, -0.15) is 13.1 Å². The van der Waals surface area contributed by atoms with Crippen LogP contribution in [0.15, 0.2) is 5.16 Å². The predicted molar refractivity (Wildman–Crippen MR) is 74.1 cm³/mol. The molecule has 0 aromatic heterocycles. The molecule has 1 rings (SSSR count). The summed E-state index contributed by atoms with van der Waals surface area (Å²) in [6.07, 6.45) is 3.46. The Morgan fingerprint density at radius 2 is 2.05 bits per heavy atom. The van der Waals surface area contributed by atoms with Crippen molar-refractivity contribution in [1.29, 1.82) is 0 Å². The fraction of sp³-hybridized carbons (Fsp3) is 0.909. The van der Waals surface area contributed by atoms with E-state index in [1.165, 1.54) is 0 Å². The molecule has 0 aromatic rings. The van der Waals surface area contributed by atoms with Crippen molar-refractivity contribution in [1.82, 2.24) is 9.44 Å². The Kier molecular flexibility index (Phi) is 5.57. The molecule has 0 radical (unpaired) electrons. The van der Waals surface area contributed by atoms with E-state index in [0.29, 0.717) is 31.7 Å². The van der Waals surface area contributed by atoms with E-state index in [-0.39, 0.29) is 5.84 Å². The van der Waals surface area contributed by atoms with Gasteiger partial charge in [0.25, 0.3) is 10.2 Å². The quantitative estimate of drug-likeness (QED) is 0.247. The van der Waals surface area contributed by atoms with Crippen LogP contribution < -0.4 is 15.2 Å². The fourth-order valence-corrected chi connectivity index (χ4v) is 3.66. The molecular formula is C11H24N4O3S. The Morgan fingerprint density at radius 1 is 1.47 bits per heavy atom. The molecule has 0 aromatic carbocycles. The Hall–Kier alpha value is -0.860. The predicted octanol–water partition coefficient (Wildman–Crippen LogP) is 0.516. The molecule has 112 valence electrons. The highest BCUT2D eigenvalue weighted by molar-refractivity contribution is 7.87. The summed E-state index contributed by atoms with van der Waals surface area (Å²) < 4.78 is 28.9. The summed E-state index contributed by atoms with van der Waals surface area (Å²) in [7, 11) is -3.65. The first-order chi connectivity index (χ1) is 8.85. The molecule has 19 heavy (non-hydrogen) atoms. The van der Waals surface area contributed by atoms with Gasteiger partial charge in [-0.15, -0.1) is 0 Å². The molecule has 0 spiro atoms. The van der Waals surface area contributed by atoms with E-state index in [1.54, 1.807) is 0 Å². The average molecular weight is 292 g/mol. The zero-order chi connectivity index (χ0) is 14.5. The summed E-state index contributed by atoms with van der Waals surface area (Å²) in [5.41, 5.74) is 4.74. The van der Waals surface area contributed by atoms with Gasteiger partial charge in [-0.3, -0.25) is 0 Å². The van der Waals surface area contributed by atoms with Gasteiger partial charge in [0.1, 0.15) is 0 Å². The largest absolute Gasteiger partial charge is 0.409 e. The maximum Gasteiger partial charge on any atom is 0.277 e. The van der Waals surface area contributed by atoms with Gasteiger partial charge in [0.2, 0.25) is 0 Å². The minimum absolute atomic E-state index is 0.0683. The van der Waals surface area contributed by atoms with Crippen LogP contribution in [0.1, 0.15) is 46.0 Å². The van der Waals surface area contributed by atoms with E-state index < -0.39 is 15.7 Å². The third kappa shape index (κ3) is 4.32. The maximum atomic E-state index is 12.0. The highest BCUT2D eigenvalue weighted by Gasteiger charge is 2.41. The van der Waals surface area contributed by atoms with Crippen LogP contribution in [0.4, 0.5) is 0 Å². The molecule has 0 heterocycles. The van der Waals surface area contributed by atoms with Crippen LogP contribution in [0.2, 0.25) is 0 Å². The van der Waals surface area contributed by atoms with Gasteiger partial charge in [0, 0.05) is 6.54 Å². The van der Waals surface area contributed by atoms with Crippen molar-refractivity contribution < 1.29 is 13.6 Å². The molecule has 8 heteroatoms. The van der Waals surface area contributed by atoms with Gasteiger partial charge in [-0.05, 0) is 38.0 Å². The van der Waals surface area contributed by atoms with Crippen molar-refractivity contribution >= 4 is 16.0 Å². The van der Waals surface area contributed by atoms with Crippen molar-refractivity contribution in [3.8, 4) is 0 Å². The summed E-state index contributed by atoms with van der Waals surface area (Å²) >= 11 is 0. The van der Waals surface area contributed by atoms with E-state index in [1.807, 2.05) is 6.92 Å².